The first-order chi connectivity index (χ1) is 9.85. The van der Waals surface area contributed by atoms with Gasteiger partial charge in [-0.05, 0) is 6.42 Å². The Hall–Kier alpha value is -2.02. The quantitative estimate of drug-likeness (QED) is 0.873. The number of nitrogens with zero attached hydrogens (tertiary/aromatic N) is 6. The van der Waals surface area contributed by atoms with Crippen LogP contribution in [0, 0.1) is 0 Å². The van der Waals surface area contributed by atoms with Crippen molar-refractivity contribution in [2.45, 2.75) is 33.0 Å². The third kappa shape index (κ3) is 2.93. The second-order valence-corrected chi connectivity index (χ2v) is 4.97. The summed E-state index contributed by atoms with van der Waals surface area (Å²) >= 11 is 0. The molecular weight excluding hydrogens is 254 g/mol. The van der Waals surface area contributed by atoms with Crippen molar-refractivity contribution in [2.75, 3.05) is 18.4 Å². The highest BCUT2D eigenvalue weighted by atomic mass is 15.3. The van der Waals surface area contributed by atoms with Crippen LogP contribution in [-0.2, 0) is 19.6 Å². The van der Waals surface area contributed by atoms with Gasteiger partial charge in [0.1, 0.15) is 18.0 Å². The minimum absolute atomic E-state index is 0.800. The molecule has 0 spiro atoms. The van der Waals surface area contributed by atoms with Crippen molar-refractivity contribution >= 4 is 5.82 Å². The molecule has 1 N–H and O–H groups in total. The van der Waals surface area contributed by atoms with Crippen LogP contribution in [0.5, 0.6) is 0 Å². The molecule has 1 aliphatic rings. The molecule has 2 aromatic rings. The zero-order valence-corrected chi connectivity index (χ0v) is 11.7. The molecule has 7 nitrogen and oxygen atoms in total. The first-order valence-electron chi connectivity index (χ1n) is 6.99. The zero-order valence-electron chi connectivity index (χ0n) is 11.7. The number of hydrogen-bond donors (Lipinski definition) is 1. The van der Waals surface area contributed by atoms with E-state index < -0.39 is 0 Å². The van der Waals surface area contributed by atoms with E-state index in [4.69, 9.17) is 0 Å². The number of fused-ring (bicyclic) bond motifs is 1. The summed E-state index contributed by atoms with van der Waals surface area (Å²) in [6.07, 6.45) is 6.52. The molecule has 0 amide bonds. The van der Waals surface area contributed by atoms with Gasteiger partial charge >= 0.3 is 0 Å². The molecule has 0 fully saturated rings. The average molecular weight is 273 g/mol. The largest absolute Gasteiger partial charge is 0.369 e. The van der Waals surface area contributed by atoms with Crippen LogP contribution in [0.15, 0.2) is 18.7 Å². The van der Waals surface area contributed by atoms with Gasteiger partial charge in [-0.1, -0.05) is 6.92 Å². The highest BCUT2D eigenvalue weighted by Gasteiger charge is 2.17. The van der Waals surface area contributed by atoms with E-state index in [1.165, 1.54) is 0 Å². The van der Waals surface area contributed by atoms with E-state index in [9.17, 15) is 0 Å². The van der Waals surface area contributed by atoms with E-state index in [0.29, 0.717) is 0 Å². The van der Waals surface area contributed by atoms with Crippen molar-refractivity contribution in [3.63, 3.8) is 0 Å². The molecule has 3 rings (SSSR count). The van der Waals surface area contributed by atoms with E-state index in [-0.39, 0.29) is 0 Å². The van der Waals surface area contributed by atoms with E-state index in [1.54, 1.807) is 12.5 Å². The van der Waals surface area contributed by atoms with Crippen LogP contribution in [0.1, 0.15) is 24.9 Å². The maximum Gasteiger partial charge on any atom is 0.147 e. The predicted octanol–water partition coefficient (Wildman–Crippen LogP) is 0.906. The van der Waals surface area contributed by atoms with Crippen LogP contribution in [0.3, 0.4) is 0 Å². The minimum atomic E-state index is 0.800. The normalized spacial score (nSPS) is 15.1. The van der Waals surface area contributed by atoms with Gasteiger partial charge < -0.3 is 9.88 Å². The van der Waals surface area contributed by atoms with Crippen molar-refractivity contribution in [1.29, 1.82) is 0 Å². The Morgan fingerprint density at radius 2 is 2.20 bits per heavy atom. The smallest absolute Gasteiger partial charge is 0.147 e. The molecule has 106 valence electrons. The fraction of sp³-hybridized carbons (Fsp3) is 0.538. The molecule has 0 saturated carbocycles. The van der Waals surface area contributed by atoms with Crippen LogP contribution in [0.4, 0.5) is 5.82 Å². The highest BCUT2D eigenvalue weighted by molar-refractivity contribution is 5.30. The maximum atomic E-state index is 4.46. The summed E-state index contributed by atoms with van der Waals surface area (Å²) in [5.41, 5.74) is 0.986. The molecule has 0 bridgehead atoms. The number of hydrogen-bond acceptors (Lipinski definition) is 6. The standard InChI is InChI=1S/C13H19N7/c1-2-3-14-12-7-15-11(6-16-12)8-19-4-5-20-10-17-18-13(20)9-19/h6-7,10H,2-5,8-9H2,1H3,(H,14,16). The topological polar surface area (TPSA) is 71.8 Å². The Labute approximate surface area is 118 Å². The first kappa shape index (κ1) is 13.0. The Bertz CT molecular complexity index is 548. The van der Waals surface area contributed by atoms with E-state index in [2.05, 4.69) is 41.9 Å². The molecule has 7 heteroatoms. The van der Waals surface area contributed by atoms with Gasteiger partial charge in [0.15, 0.2) is 0 Å². The molecule has 0 atom stereocenters. The molecule has 0 aliphatic carbocycles. The van der Waals surface area contributed by atoms with Gasteiger partial charge in [0.05, 0.1) is 24.6 Å². The van der Waals surface area contributed by atoms with Crippen LogP contribution in [0.25, 0.3) is 0 Å². The monoisotopic (exact) mass is 273 g/mol. The first-order valence-corrected chi connectivity index (χ1v) is 6.99. The SMILES string of the molecule is CCCNc1cnc(CN2CCn3cnnc3C2)cn1. The van der Waals surface area contributed by atoms with Gasteiger partial charge in [0, 0.05) is 26.2 Å². The van der Waals surface area contributed by atoms with Crippen molar-refractivity contribution < 1.29 is 0 Å². The van der Waals surface area contributed by atoms with Gasteiger partial charge in [-0.3, -0.25) is 9.88 Å². The predicted molar refractivity (Wildman–Crippen MR) is 74.9 cm³/mol. The van der Waals surface area contributed by atoms with Gasteiger partial charge in [-0.2, -0.15) is 0 Å². The molecule has 0 aromatic carbocycles. The Morgan fingerprint density at radius 3 is 3.00 bits per heavy atom. The summed E-state index contributed by atoms with van der Waals surface area (Å²) in [5, 5.41) is 11.3. The van der Waals surface area contributed by atoms with E-state index >= 15 is 0 Å². The number of aromatic nitrogens is 5. The van der Waals surface area contributed by atoms with Gasteiger partial charge in [0.25, 0.3) is 0 Å². The Morgan fingerprint density at radius 1 is 1.25 bits per heavy atom. The van der Waals surface area contributed by atoms with Gasteiger partial charge in [-0.25, -0.2) is 4.98 Å². The molecule has 0 unspecified atom stereocenters. The summed E-state index contributed by atoms with van der Waals surface area (Å²) in [6.45, 7) is 6.60. The van der Waals surface area contributed by atoms with Crippen LogP contribution in [-0.4, -0.2) is 42.7 Å². The molecule has 2 aromatic heterocycles. The molecule has 20 heavy (non-hydrogen) atoms. The van der Waals surface area contributed by atoms with Crippen molar-refractivity contribution in [3.05, 3.63) is 30.2 Å². The number of anilines is 1. The summed E-state index contributed by atoms with van der Waals surface area (Å²) in [6, 6.07) is 0. The Kier molecular flexibility index (Phi) is 3.87. The fourth-order valence-corrected chi connectivity index (χ4v) is 2.26. The molecule has 0 radical (unpaired) electrons. The van der Waals surface area contributed by atoms with Gasteiger partial charge in [-0.15, -0.1) is 10.2 Å². The van der Waals surface area contributed by atoms with Crippen LogP contribution >= 0.6 is 0 Å². The summed E-state index contributed by atoms with van der Waals surface area (Å²) in [5.74, 6) is 1.86. The molecular formula is C13H19N7. The van der Waals surface area contributed by atoms with Crippen molar-refractivity contribution in [3.8, 4) is 0 Å². The lowest BCUT2D eigenvalue weighted by Gasteiger charge is -2.26. The lowest BCUT2D eigenvalue weighted by Crippen LogP contribution is -2.33. The average Bonchev–Trinajstić information content (AvgIpc) is 2.94. The second-order valence-electron chi connectivity index (χ2n) is 4.97. The molecule has 3 heterocycles. The summed E-state index contributed by atoms with van der Waals surface area (Å²) in [4.78, 5) is 11.2. The number of nitrogens with one attached hydrogen (secondary N) is 1. The fourth-order valence-electron chi connectivity index (χ4n) is 2.26. The van der Waals surface area contributed by atoms with E-state index in [1.807, 2.05) is 6.20 Å². The van der Waals surface area contributed by atoms with E-state index in [0.717, 1.165) is 56.5 Å². The highest BCUT2D eigenvalue weighted by Crippen LogP contribution is 2.12. The minimum Gasteiger partial charge on any atom is -0.369 e. The zero-order chi connectivity index (χ0) is 13.8. The summed E-state index contributed by atoms with van der Waals surface area (Å²) in [7, 11) is 0. The number of rotatable bonds is 5. The third-order valence-electron chi connectivity index (χ3n) is 3.36. The lowest BCUT2D eigenvalue weighted by molar-refractivity contribution is 0.206. The van der Waals surface area contributed by atoms with Crippen LogP contribution < -0.4 is 5.32 Å². The Balaban J connectivity index is 1.58. The second kappa shape index (κ2) is 5.96. The third-order valence-corrected chi connectivity index (χ3v) is 3.36. The molecule has 0 saturated heterocycles. The molecule has 1 aliphatic heterocycles. The van der Waals surface area contributed by atoms with Crippen molar-refractivity contribution in [1.82, 2.24) is 29.6 Å². The maximum absolute atomic E-state index is 4.46. The van der Waals surface area contributed by atoms with Crippen molar-refractivity contribution in [2.24, 2.45) is 0 Å². The lowest BCUT2D eigenvalue weighted by atomic mass is 10.3. The summed E-state index contributed by atoms with van der Waals surface area (Å²) < 4.78 is 2.10. The van der Waals surface area contributed by atoms with Crippen LogP contribution in [0.2, 0.25) is 0 Å². The van der Waals surface area contributed by atoms with Gasteiger partial charge in [0.2, 0.25) is 0 Å².